The van der Waals surface area contributed by atoms with Crippen LogP contribution in [-0.2, 0) is 23.8 Å². The molecule has 2 atom stereocenters. The van der Waals surface area contributed by atoms with Gasteiger partial charge in [0.1, 0.15) is 41.9 Å². The van der Waals surface area contributed by atoms with E-state index >= 15 is 0 Å². The molecule has 0 spiro atoms. The van der Waals surface area contributed by atoms with Crippen molar-refractivity contribution in [3.63, 3.8) is 0 Å². The SMILES string of the molecule is C=CCOc1cc([C@@H](CCC)NC(=O)C2(C)CSC(C(C)=NCC(=O)COCCOCCOC)=N2)oc(=O)c1. The van der Waals surface area contributed by atoms with Crippen LogP contribution in [0.5, 0.6) is 5.75 Å². The molecular formula is C27H39N3O8S. The summed E-state index contributed by atoms with van der Waals surface area (Å²) >= 11 is 1.40. The molecule has 11 nitrogen and oxygen atoms in total. The summed E-state index contributed by atoms with van der Waals surface area (Å²) in [7, 11) is 1.60. The van der Waals surface area contributed by atoms with Gasteiger partial charge in [-0.15, -0.1) is 11.8 Å². The maximum atomic E-state index is 13.3. The first-order valence-electron chi connectivity index (χ1n) is 12.8. The van der Waals surface area contributed by atoms with Crippen molar-refractivity contribution in [2.24, 2.45) is 9.98 Å². The number of carbonyl (C=O) groups excluding carboxylic acids is 2. The lowest BCUT2D eigenvalue weighted by molar-refractivity contribution is -0.126. The molecule has 2 heterocycles. The van der Waals surface area contributed by atoms with E-state index in [2.05, 4.69) is 21.9 Å². The summed E-state index contributed by atoms with van der Waals surface area (Å²) in [4.78, 5) is 46.5. The largest absolute Gasteiger partial charge is 0.489 e. The third-order valence-electron chi connectivity index (χ3n) is 5.55. The highest BCUT2D eigenvalue weighted by atomic mass is 32.2. The Morgan fingerprint density at radius 2 is 2.03 bits per heavy atom. The van der Waals surface area contributed by atoms with Crippen molar-refractivity contribution < 1.29 is 33.0 Å². The fraction of sp³-hybridized carbons (Fsp3) is 0.593. The van der Waals surface area contributed by atoms with E-state index in [1.54, 1.807) is 33.1 Å². The predicted octanol–water partition coefficient (Wildman–Crippen LogP) is 2.78. The smallest absolute Gasteiger partial charge is 0.339 e. The number of hydrogen-bond donors (Lipinski definition) is 1. The van der Waals surface area contributed by atoms with Crippen molar-refractivity contribution in [3.05, 3.63) is 41.0 Å². The molecule has 2 rings (SSSR count). The Labute approximate surface area is 233 Å². The van der Waals surface area contributed by atoms with Crippen molar-refractivity contribution >= 4 is 34.2 Å². The predicted molar refractivity (Wildman–Crippen MR) is 151 cm³/mol. The maximum Gasteiger partial charge on any atom is 0.339 e. The molecule has 1 aromatic rings. The Bertz CT molecular complexity index is 1090. The lowest BCUT2D eigenvalue weighted by Gasteiger charge is -2.24. The number of nitrogens with zero attached hydrogens (tertiary/aromatic N) is 2. The first-order valence-corrected chi connectivity index (χ1v) is 13.8. The van der Waals surface area contributed by atoms with Crippen molar-refractivity contribution in [1.29, 1.82) is 0 Å². The third kappa shape index (κ3) is 11.1. The van der Waals surface area contributed by atoms with Gasteiger partial charge in [0.25, 0.3) is 0 Å². The first-order chi connectivity index (χ1) is 18.7. The van der Waals surface area contributed by atoms with Crippen LogP contribution in [0.15, 0.2) is 44.0 Å². The molecule has 0 bridgehead atoms. The summed E-state index contributed by atoms with van der Waals surface area (Å²) in [5.74, 6) is 0.607. The Morgan fingerprint density at radius 3 is 2.74 bits per heavy atom. The maximum absolute atomic E-state index is 13.3. The van der Waals surface area contributed by atoms with Crippen LogP contribution in [0.4, 0.5) is 0 Å². The normalized spacial score (nSPS) is 17.9. The van der Waals surface area contributed by atoms with Crippen molar-refractivity contribution in [1.82, 2.24) is 5.32 Å². The Kier molecular flexibility index (Phi) is 14.1. The van der Waals surface area contributed by atoms with E-state index in [-0.39, 0.29) is 31.4 Å². The van der Waals surface area contributed by atoms with Crippen molar-refractivity contribution in [2.45, 2.75) is 45.2 Å². The second-order valence-corrected chi connectivity index (χ2v) is 9.97. The van der Waals surface area contributed by atoms with E-state index in [0.29, 0.717) is 60.9 Å². The van der Waals surface area contributed by atoms with Crippen LogP contribution in [0.1, 0.15) is 45.4 Å². The van der Waals surface area contributed by atoms with Crippen LogP contribution < -0.4 is 15.7 Å². The highest BCUT2D eigenvalue weighted by Gasteiger charge is 2.40. The van der Waals surface area contributed by atoms with Crippen LogP contribution >= 0.6 is 11.8 Å². The van der Waals surface area contributed by atoms with Crippen molar-refractivity contribution in [2.75, 3.05) is 59.0 Å². The van der Waals surface area contributed by atoms with Crippen LogP contribution in [-0.4, -0.2) is 87.0 Å². The average molecular weight is 566 g/mol. The minimum absolute atomic E-state index is 0.0409. The fourth-order valence-electron chi connectivity index (χ4n) is 3.44. The zero-order valence-electron chi connectivity index (χ0n) is 23.2. The fourth-order valence-corrected chi connectivity index (χ4v) is 4.59. The molecule has 0 radical (unpaired) electrons. The number of thioether (sulfide) groups is 1. The molecule has 216 valence electrons. The molecule has 0 aromatic carbocycles. The Balaban J connectivity index is 1.97. The summed E-state index contributed by atoms with van der Waals surface area (Å²) in [6, 6.07) is 2.33. The molecule has 0 saturated heterocycles. The monoisotopic (exact) mass is 565 g/mol. The van der Waals surface area contributed by atoms with E-state index in [4.69, 9.17) is 23.4 Å². The van der Waals surface area contributed by atoms with Crippen LogP contribution in [0.3, 0.4) is 0 Å². The van der Waals surface area contributed by atoms with Crippen molar-refractivity contribution in [3.8, 4) is 5.75 Å². The van der Waals surface area contributed by atoms with Gasteiger partial charge in [-0.2, -0.15) is 0 Å². The van der Waals surface area contributed by atoms with Crippen LogP contribution in [0, 0.1) is 0 Å². The van der Waals surface area contributed by atoms with E-state index < -0.39 is 17.2 Å². The lowest BCUT2D eigenvalue weighted by atomic mass is 10.0. The van der Waals surface area contributed by atoms with Gasteiger partial charge in [0.2, 0.25) is 5.91 Å². The number of rotatable bonds is 19. The minimum atomic E-state index is -1.05. The molecule has 1 aromatic heterocycles. The summed E-state index contributed by atoms with van der Waals surface area (Å²) < 4.78 is 26.3. The number of aliphatic imine (C=N–C) groups is 2. The topological polar surface area (TPSA) is 138 Å². The third-order valence-corrected chi connectivity index (χ3v) is 6.92. The van der Waals surface area contributed by atoms with Gasteiger partial charge in [-0.3, -0.25) is 19.6 Å². The number of nitrogens with one attached hydrogen (secondary N) is 1. The number of carbonyl (C=O) groups is 2. The number of ether oxygens (including phenoxy) is 4. The summed E-state index contributed by atoms with van der Waals surface area (Å²) in [6.07, 6.45) is 2.88. The Morgan fingerprint density at radius 1 is 1.28 bits per heavy atom. The number of Topliss-reactive ketones (excluding diaryl/α,β-unsaturated/α-hetero) is 1. The van der Waals surface area contributed by atoms with E-state index in [1.165, 1.54) is 17.8 Å². The van der Waals surface area contributed by atoms with Gasteiger partial charge in [-0.1, -0.05) is 26.0 Å². The van der Waals surface area contributed by atoms with Gasteiger partial charge in [0.15, 0.2) is 5.78 Å². The van der Waals surface area contributed by atoms with Gasteiger partial charge in [0.05, 0.1) is 44.2 Å². The zero-order valence-corrected chi connectivity index (χ0v) is 24.0. The first kappa shape index (κ1) is 32.4. The quantitative estimate of drug-likeness (QED) is 0.152. The van der Waals surface area contributed by atoms with Gasteiger partial charge < -0.3 is 28.7 Å². The molecule has 1 aliphatic rings. The molecule has 1 unspecified atom stereocenters. The molecule has 0 aliphatic carbocycles. The molecule has 39 heavy (non-hydrogen) atoms. The molecule has 1 amide bonds. The average Bonchev–Trinajstić information content (AvgIpc) is 3.33. The Hall–Kier alpha value is -2.80. The molecular weight excluding hydrogens is 526 g/mol. The summed E-state index contributed by atoms with van der Waals surface area (Å²) in [6.45, 7) is 10.9. The van der Waals surface area contributed by atoms with Gasteiger partial charge in [-0.25, -0.2) is 4.79 Å². The zero-order chi connectivity index (χ0) is 28.7. The number of methoxy groups -OCH3 is 1. The molecule has 1 N–H and O–H groups in total. The summed E-state index contributed by atoms with van der Waals surface area (Å²) in [5.41, 5.74) is -1.03. The molecule has 0 fully saturated rings. The minimum Gasteiger partial charge on any atom is -0.489 e. The highest BCUT2D eigenvalue weighted by molar-refractivity contribution is 8.16. The van der Waals surface area contributed by atoms with Gasteiger partial charge in [0, 0.05) is 18.9 Å². The molecule has 12 heteroatoms. The lowest BCUT2D eigenvalue weighted by Crippen LogP contribution is -2.45. The van der Waals surface area contributed by atoms with Crippen LogP contribution in [0.25, 0.3) is 0 Å². The molecule has 1 aliphatic heterocycles. The number of ketones is 1. The molecule has 0 saturated carbocycles. The second kappa shape index (κ2) is 17.0. The van der Waals surface area contributed by atoms with Gasteiger partial charge in [-0.05, 0) is 20.3 Å². The number of hydrogen-bond acceptors (Lipinski definition) is 11. The highest BCUT2D eigenvalue weighted by Crippen LogP contribution is 2.30. The summed E-state index contributed by atoms with van der Waals surface area (Å²) in [5, 5.41) is 3.59. The second-order valence-electron chi connectivity index (χ2n) is 9.01. The van der Waals surface area contributed by atoms with E-state index in [0.717, 1.165) is 6.42 Å². The van der Waals surface area contributed by atoms with E-state index in [9.17, 15) is 14.4 Å². The van der Waals surface area contributed by atoms with E-state index in [1.807, 2.05) is 6.92 Å². The number of amides is 1. The van der Waals surface area contributed by atoms with Crippen LogP contribution in [0.2, 0.25) is 0 Å². The van der Waals surface area contributed by atoms with Gasteiger partial charge >= 0.3 is 5.63 Å². The standard InChI is InChI=1S/C27H39N3O8S/c1-6-8-22(23-14-21(37-9-7-2)15-24(32)38-23)29-26(33)27(4)18-39-25(30-27)19(3)28-16-20(31)17-36-13-12-35-11-10-34-5/h7,14-15,22H,2,6,8-13,16-18H2,1,3-5H3,(H,29,33)/t22-,27?/m1/s1.